The molecular formula is C15H20ClN3O2. The van der Waals surface area contributed by atoms with Crippen LogP contribution in [0.3, 0.4) is 0 Å². The monoisotopic (exact) mass is 309 g/mol. The van der Waals surface area contributed by atoms with Crippen molar-refractivity contribution in [1.82, 2.24) is 15.5 Å². The number of rotatable bonds is 5. The van der Waals surface area contributed by atoms with Gasteiger partial charge in [0.2, 0.25) is 0 Å². The molecule has 0 aromatic heterocycles. The highest BCUT2D eigenvalue weighted by molar-refractivity contribution is 6.30. The predicted molar refractivity (Wildman–Crippen MR) is 82.2 cm³/mol. The molecule has 1 saturated heterocycles. The summed E-state index contributed by atoms with van der Waals surface area (Å²) >= 11 is 5.86. The number of imide groups is 1. The molecule has 0 saturated carbocycles. The van der Waals surface area contributed by atoms with E-state index < -0.39 is 5.54 Å². The van der Waals surface area contributed by atoms with Crippen molar-refractivity contribution in [3.8, 4) is 0 Å². The highest BCUT2D eigenvalue weighted by Gasteiger charge is 2.43. The van der Waals surface area contributed by atoms with Crippen LogP contribution >= 0.6 is 11.6 Å². The van der Waals surface area contributed by atoms with E-state index in [4.69, 9.17) is 11.6 Å². The van der Waals surface area contributed by atoms with E-state index in [9.17, 15) is 9.59 Å². The summed E-state index contributed by atoms with van der Waals surface area (Å²) in [4.78, 5) is 25.0. The normalized spacial score (nSPS) is 18.8. The zero-order chi connectivity index (χ0) is 15.6. The van der Waals surface area contributed by atoms with E-state index in [2.05, 4.69) is 10.6 Å². The largest absolute Gasteiger partial charge is 0.325 e. The van der Waals surface area contributed by atoms with Gasteiger partial charge in [0.05, 0.1) is 0 Å². The zero-order valence-corrected chi connectivity index (χ0v) is 13.2. The Labute approximate surface area is 129 Å². The molecule has 0 spiro atoms. The van der Waals surface area contributed by atoms with Crippen LogP contribution in [0, 0.1) is 0 Å². The number of amides is 3. The highest BCUT2D eigenvalue weighted by Crippen LogP contribution is 2.17. The van der Waals surface area contributed by atoms with E-state index in [0.717, 1.165) is 5.56 Å². The van der Waals surface area contributed by atoms with E-state index in [1.54, 1.807) is 13.8 Å². The summed E-state index contributed by atoms with van der Waals surface area (Å²) in [5, 5.41) is 6.66. The molecule has 0 unspecified atom stereocenters. The van der Waals surface area contributed by atoms with Gasteiger partial charge in [0.1, 0.15) is 5.54 Å². The van der Waals surface area contributed by atoms with Crippen molar-refractivity contribution in [2.24, 2.45) is 0 Å². The highest BCUT2D eigenvalue weighted by atomic mass is 35.5. The van der Waals surface area contributed by atoms with Gasteiger partial charge in [-0.3, -0.25) is 9.69 Å². The molecule has 114 valence electrons. The average molecular weight is 310 g/mol. The number of nitrogens with zero attached hydrogens (tertiary/aromatic N) is 1. The van der Waals surface area contributed by atoms with Gasteiger partial charge in [0.25, 0.3) is 5.91 Å². The van der Waals surface area contributed by atoms with Crippen LogP contribution in [0.15, 0.2) is 24.3 Å². The number of carbonyl (C=O) groups is 2. The van der Waals surface area contributed by atoms with Crippen LogP contribution in [0.1, 0.15) is 32.4 Å². The van der Waals surface area contributed by atoms with E-state index in [1.807, 2.05) is 31.2 Å². The lowest BCUT2D eigenvalue weighted by Gasteiger charge is -2.18. The van der Waals surface area contributed by atoms with Gasteiger partial charge in [-0.2, -0.15) is 0 Å². The minimum atomic E-state index is -0.807. The maximum atomic E-state index is 12.0. The lowest BCUT2D eigenvalue weighted by Crippen LogP contribution is -2.41. The topological polar surface area (TPSA) is 61.4 Å². The van der Waals surface area contributed by atoms with E-state index in [1.165, 1.54) is 4.90 Å². The van der Waals surface area contributed by atoms with Gasteiger partial charge in [0, 0.05) is 24.2 Å². The lowest BCUT2D eigenvalue weighted by atomic mass is 10.1. The second kappa shape index (κ2) is 6.03. The van der Waals surface area contributed by atoms with Crippen LogP contribution in [-0.2, 0) is 4.79 Å². The van der Waals surface area contributed by atoms with Crippen LogP contribution < -0.4 is 10.6 Å². The molecule has 1 aromatic rings. The molecule has 1 aliphatic heterocycles. The summed E-state index contributed by atoms with van der Waals surface area (Å²) in [7, 11) is 0. The number of nitrogens with one attached hydrogen (secondary N) is 2. The van der Waals surface area contributed by atoms with E-state index in [-0.39, 0.29) is 18.0 Å². The van der Waals surface area contributed by atoms with Crippen molar-refractivity contribution in [3.05, 3.63) is 34.9 Å². The second-order valence-corrected chi connectivity index (χ2v) is 6.18. The third-order valence-corrected chi connectivity index (χ3v) is 3.85. The molecule has 0 radical (unpaired) electrons. The molecule has 0 bridgehead atoms. The summed E-state index contributed by atoms with van der Waals surface area (Å²) in [5.41, 5.74) is 0.302. The third kappa shape index (κ3) is 3.54. The first-order valence-corrected chi connectivity index (χ1v) is 7.32. The quantitative estimate of drug-likeness (QED) is 0.821. The summed E-state index contributed by atoms with van der Waals surface area (Å²) in [6, 6.07) is 7.39. The molecule has 1 heterocycles. The Morgan fingerprint density at radius 3 is 2.43 bits per heavy atom. The smallest absolute Gasteiger partial charge is 0.324 e. The minimum Gasteiger partial charge on any atom is -0.324 e. The Morgan fingerprint density at radius 2 is 1.90 bits per heavy atom. The summed E-state index contributed by atoms with van der Waals surface area (Å²) in [5.74, 6) is -0.187. The molecule has 5 nitrogen and oxygen atoms in total. The van der Waals surface area contributed by atoms with E-state index >= 15 is 0 Å². The van der Waals surface area contributed by atoms with Crippen molar-refractivity contribution in [2.45, 2.75) is 32.4 Å². The number of urea groups is 1. The van der Waals surface area contributed by atoms with Gasteiger partial charge in [-0.25, -0.2) is 4.79 Å². The molecule has 2 rings (SSSR count). The van der Waals surface area contributed by atoms with Crippen molar-refractivity contribution in [3.63, 3.8) is 0 Å². The number of carbonyl (C=O) groups excluding carboxylic acids is 2. The van der Waals surface area contributed by atoms with Crippen molar-refractivity contribution < 1.29 is 9.59 Å². The molecule has 21 heavy (non-hydrogen) atoms. The van der Waals surface area contributed by atoms with Crippen LogP contribution in [0.25, 0.3) is 0 Å². The van der Waals surface area contributed by atoms with Gasteiger partial charge < -0.3 is 10.6 Å². The molecule has 1 aliphatic rings. The van der Waals surface area contributed by atoms with Crippen LogP contribution in [0.4, 0.5) is 4.79 Å². The number of benzene rings is 1. The lowest BCUT2D eigenvalue weighted by molar-refractivity contribution is -0.130. The van der Waals surface area contributed by atoms with Gasteiger partial charge in [0.15, 0.2) is 0 Å². The Bertz CT molecular complexity index is 542. The maximum Gasteiger partial charge on any atom is 0.325 e. The Kier molecular flexibility index (Phi) is 4.54. The second-order valence-electron chi connectivity index (χ2n) is 5.74. The number of halogens is 1. The van der Waals surface area contributed by atoms with Gasteiger partial charge in [-0.1, -0.05) is 23.7 Å². The molecule has 0 aliphatic carbocycles. The summed E-state index contributed by atoms with van der Waals surface area (Å²) in [6.07, 6.45) is 0. The average Bonchev–Trinajstić information content (AvgIpc) is 2.61. The third-order valence-electron chi connectivity index (χ3n) is 3.60. The standard InChI is InChI=1S/C15H20ClN3O2/c1-10(11-4-6-12(16)7-5-11)17-8-9-19-13(20)15(2,3)18-14(19)21/h4-7,10,17H,8-9H2,1-3H3,(H,18,21)/t10-/m1/s1. The number of hydrogen-bond acceptors (Lipinski definition) is 3. The van der Waals surface area contributed by atoms with E-state index in [0.29, 0.717) is 18.1 Å². The molecule has 2 N–H and O–H groups in total. The fourth-order valence-electron chi connectivity index (χ4n) is 2.28. The molecule has 3 amide bonds. The van der Waals surface area contributed by atoms with Crippen molar-refractivity contribution >= 4 is 23.5 Å². The molecule has 1 atom stereocenters. The SMILES string of the molecule is C[C@@H](NCCN1C(=O)NC(C)(C)C1=O)c1ccc(Cl)cc1. The van der Waals surface area contributed by atoms with Crippen molar-refractivity contribution in [2.75, 3.05) is 13.1 Å². The Morgan fingerprint density at radius 1 is 1.29 bits per heavy atom. The first-order chi connectivity index (χ1) is 9.81. The van der Waals surface area contributed by atoms with Crippen LogP contribution in [0.2, 0.25) is 5.02 Å². The fraction of sp³-hybridized carbons (Fsp3) is 0.467. The Hall–Kier alpha value is -1.59. The molecular weight excluding hydrogens is 290 g/mol. The van der Waals surface area contributed by atoms with Crippen LogP contribution in [-0.4, -0.2) is 35.5 Å². The maximum absolute atomic E-state index is 12.0. The van der Waals surface area contributed by atoms with Gasteiger partial charge in [-0.15, -0.1) is 0 Å². The van der Waals surface area contributed by atoms with Crippen molar-refractivity contribution in [1.29, 1.82) is 0 Å². The Balaban J connectivity index is 1.86. The van der Waals surface area contributed by atoms with Gasteiger partial charge >= 0.3 is 6.03 Å². The first-order valence-electron chi connectivity index (χ1n) is 6.94. The summed E-state index contributed by atoms with van der Waals surface area (Å²) < 4.78 is 0. The first kappa shape index (κ1) is 15.8. The number of hydrogen-bond donors (Lipinski definition) is 2. The molecule has 1 fully saturated rings. The summed E-state index contributed by atoms with van der Waals surface area (Å²) in [6.45, 7) is 6.33. The predicted octanol–water partition coefficient (Wildman–Crippen LogP) is 2.32. The van der Waals surface area contributed by atoms with Crippen LogP contribution in [0.5, 0.6) is 0 Å². The van der Waals surface area contributed by atoms with Gasteiger partial charge in [-0.05, 0) is 38.5 Å². The molecule has 6 heteroatoms. The zero-order valence-electron chi connectivity index (χ0n) is 12.4. The fourth-order valence-corrected chi connectivity index (χ4v) is 2.41. The molecule has 1 aromatic carbocycles. The minimum absolute atomic E-state index is 0.121.